The van der Waals surface area contributed by atoms with Gasteiger partial charge in [0.25, 0.3) is 5.88 Å². The van der Waals surface area contributed by atoms with Crippen molar-refractivity contribution in [3.05, 3.63) is 46.5 Å². The maximum absolute atomic E-state index is 12.0. The van der Waals surface area contributed by atoms with Gasteiger partial charge < -0.3 is 5.11 Å². The fourth-order valence-corrected chi connectivity index (χ4v) is 2.16. The molecule has 4 nitrogen and oxygen atoms in total. The molecule has 0 unspecified atom stereocenters. The van der Waals surface area contributed by atoms with Crippen molar-refractivity contribution in [1.82, 2.24) is 4.40 Å². The summed E-state index contributed by atoms with van der Waals surface area (Å²) in [5.74, 6) is 0.0456. The predicted molar refractivity (Wildman–Crippen MR) is 59.1 cm³/mol. The standard InChI is InChI=1S/C12H10N2O2/c1-2-9-11(15)13-6-3-4-8-5-7-14(10(8)13)12(9)16/h3-7H,2H2,1H3/p+1. The van der Waals surface area contributed by atoms with Crippen molar-refractivity contribution < 1.29 is 9.51 Å². The third-order valence-electron chi connectivity index (χ3n) is 2.96. The molecule has 0 amide bonds. The minimum absolute atomic E-state index is 0.0456. The Hall–Kier alpha value is -2.10. The third-order valence-corrected chi connectivity index (χ3v) is 2.96. The normalized spacial score (nSPS) is 11.6. The molecule has 0 aliphatic heterocycles. The number of hydrogen-bond donors (Lipinski definition) is 1. The lowest BCUT2D eigenvalue weighted by molar-refractivity contribution is -0.525. The van der Waals surface area contributed by atoms with Gasteiger partial charge in [-0.15, -0.1) is 0 Å². The Kier molecular flexibility index (Phi) is 1.68. The van der Waals surface area contributed by atoms with Crippen LogP contribution in [0.1, 0.15) is 12.5 Å². The molecule has 0 bridgehead atoms. The van der Waals surface area contributed by atoms with Crippen molar-refractivity contribution in [2.45, 2.75) is 13.3 Å². The van der Waals surface area contributed by atoms with Crippen LogP contribution >= 0.6 is 0 Å². The fraction of sp³-hybridized carbons (Fsp3) is 0.167. The fourth-order valence-electron chi connectivity index (χ4n) is 2.16. The molecule has 4 heteroatoms. The van der Waals surface area contributed by atoms with Gasteiger partial charge in [-0.1, -0.05) is 6.92 Å². The highest BCUT2D eigenvalue weighted by Gasteiger charge is 2.22. The molecule has 3 aromatic rings. The summed E-state index contributed by atoms with van der Waals surface area (Å²) in [6.07, 6.45) is 4.02. The van der Waals surface area contributed by atoms with Crippen LogP contribution in [0.4, 0.5) is 0 Å². The van der Waals surface area contributed by atoms with Crippen LogP contribution in [0.3, 0.4) is 0 Å². The molecule has 1 N–H and O–H groups in total. The molecule has 0 radical (unpaired) electrons. The zero-order valence-electron chi connectivity index (χ0n) is 8.84. The van der Waals surface area contributed by atoms with Crippen LogP contribution in [-0.4, -0.2) is 9.51 Å². The second-order valence-electron chi connectivity index (χ2n) is 3.80. The van der Waals surface area contributed by atoms with Crippen molar-refractivity contribution in [3.8, 4) is 5.88 Å². The van der Waals surface area contributed by atoms with E-state index in [9.17, 15) is 9.90 Å². The average molecular weight is 215 g/mol. The second kappa shape index (κ2) is 2.95. The summed E-state index contributed by atoms with van der Waals surface area (Å²) in [7, 11) is 0. The van der Waals surface area contributed by atoms with E-state index in [4.69, 9.17) is 0 Å². The van der Waals surface area contributed by atoms with Crippen molar-refractivity contribution >= 4 is 11.0 Å². The molecule has 0 saturated heterocycles. The van der Waals surface area contributed by atoms with Crippen LogP contribution in [0.2, 0.25) is 0 Å². The quantitative estimate of drug-likeness (QED) is 0.609. The molecule has 80 valence electrons. The lowest BCUT2D eigenvalue weighted by Crippen LogP contribution is -2.32. The molecule has 3 heterocycles. The molecule has 0 aromatic carbocycles. The number of rotatable bonds is 1. The maximum atomic E-state index is 12.0. The Morgan fingerprint density at radius 1 is 1.44 bits per heavy atom. The lowest BCUT2D eigenvalue weighted by atomic mass is 10.2. The second-order valence-corrected chi connectivity index (χ2v) is 3.80. The summed E-state index contributed by atoms with van der Waals surface area (Å²) in [6.45, 7) is 1.86. The van der Waals surface area contributed by atoms with Crippen molar-refractivity contribution in [1.29, 1.82) is 0 Å². The minimum atomic E-state index is -0.138. The first kappa shape index (κ1) is 9.15. The zero-order chi connectivity index (χ0) is 11.3. The van der Waals surface area contributed by atoms with Gasteiger partial charge >= 0.3 is 11.2 Å². The van der Waals surface area contributed by atoms with E-state index in [1.165, 1.54) is 0 Å². The lowest BCUT2D eigenvalue weighted by Gasteiger charge is -2.00. The SMILES string of the molecule is CCc1c(O)[n+]2cccc3ccn(c1=O)c32. The Labute approximate surface area is 91.4 Å². The highest BCUT2D eigenvalue weighted by molar-refractivity contribution is 5.73. The molecule has 3 aromatic heterocycles. The highest BCUT2D eigenvalue weighted by Crippen LogP contribution is 2.14. The van der Waals surface area contributed by atoms with E-state index >= 15 is 0 Å². The average Bonchev–Trinajstić information content (AvgIpc) is 2.72. The van der Waals surface area contributed by atoms with E-state index in [0.717, 1.165) is 11.0 Å². The molecule has 3 rings (SSSR count). The number of hydrogen-bond acceptors (Lipinski definition) is 2. The van der Waals surface area contributed by atoms with E-state index in [-0.39, 0.29) is 11.4 Å². The highest BCUT2D eigenvalue weighted by atomic mass is 16.3. The van der Waals surface area contributed by atoms with E-state index in [2.05, 4.69) is 0 Å². The molecule has 16 heavy (non-hydrogen) atoms. The van der Waals surface area contributed by atoms with Crippen LogP contribution < -0.4 is 9.96 Å². The molecular weight excluding hydrogens is 204 g/mol. The third kappa shape index (κ3) is 0.934. The number of nitrogens with zero attached hydrogens (tertiary/aromatic N) is 2. The van der Waals surface area contributed by atoms with Gasteiger partial charge in [0.15, 0.2) is 0 Å². The summed E-state index contributed by atoms with van der Waals surface area (Å²) < 4.78 is 3.23. The van der Waals surface area contributed by atoms with Crippen LogP contribution in [0, 0.1) is 0 Å². The predicted octanol–water partition coefficient (Wildman–Crippen LogP) is 0.744. The summed E-state index contributed by atoms with van der Waals surface area (Å²) in [5.41, 5.74) is 1.03. The first-order valence-electron chi connectivity index (χ1n) is 5.23. The van der Waals surface area contributed by atoms with Crippen molar-refractivity contribution in [2.24, 2.45) is 0 Å². The smallest absolute Gasteiger partial charge is 0.349 e. The Bertz CT molecular complexity index is 730. The van der Waals surface area contributed by atoms with Crippen molar-refractivity contribution in [2.75, 3.05) is 0 Å². The van der Waals surface area contributed by atoms with Gasteiger partial charge in [-0.3, -0.25) is 0 Å². The first-order chi connectivity index (χ1) is 7.74. The maximum Gasteiger partial charge on any atom is 0.349 e. The summed E-state index contributed by atoms with van der Waals surface area (Å²) in [6, 6.07) is 5.64. The van der Waals surface area contributed by atoms with Crippen LogP contribution in [0.5, 0.6) is 5.88 Å². The van der Waals surface area contributed by atoms with Gasteiger partial charge in [0.05, 0.1) is 11.6 Å². The van der Waals surface area contributed by atoms with Crippen LogP contribution in [0.25, 0.3) is 11.0 Å². The van der Waals surface area contributed by atoms with E-state index in [1.54, 1.807) is 21.2 Å². The van der Waals surface area contributed by atoms with Gasteiger partial charge in [-0.25, -0.2) is 4.79 Å². The summed E-state index contributed by atoms with van der Waals surface area (Å²) in [5, 5.41) is 11.0. The van der Waals surface area contributed by atoms with E-state index in [0.29, 0.717) is 12.0 Å². The zero-order valence-corrected chi connectivity index (χ0v) is 8.84. The molecule has 0 spiro atoms. The van der Waals surface area contributed by atoms with E-state index in [1.807, 2.05) is 25.1 Å². The van der Waals surface area contributed by atoms with Crippen molar-refractivity contribution in [3.63, 3.8) is 0 Å². The Morgan fingerprint density at radius 2 is 2.25 bits per heavy atom. The molecule has 0 saturated carbocycles. The molecular formula is C12H11N2O2+. The molecule has 0 fully saturated rings. The minimum Gasteiger partial charge on any atom is -0.477 e. The number of pyridine rings is 1. The van der Waals surface area contributed by atoms with Gasteiger partial charge in [0.1, 0.15) is 11.8 Å². The van der Waals surface area contributed by atoms with Crippen LogP contribution in [-0.2, 0) is 6.42 Å². The molecule has 0 atom stereocenters. The van der Waals surface area contributed by atoms with Gasteiger partial charge in [0.2, 0.25) is 0 Å². The molecule has 0 aliphatic carbocycles. The molecule has 0 aliphatic rings. The topological polar surface area (TPSA) is 45.8 Å². The summed E-state index contributed by atoms with van der Waals surface area (Å²) >= 11 is 0. The first-order valence-corrected chi connectivity index (χ1v) is 5.23. The number of aromatic nitrogens is 2. The Morgan fingerprint density at radius 3 is 3.00 bits per heavy atom. The number of aromatic hydroxyl groups is 1. The van der Waals surface area contributed by atoms with E-state index < -0.39 is 0 Å². The van der Waals surface area contributed by atoms with Gasteiger partial charge in [-0.05, 0) is 24.6 Å². The summed E-state index contributed by atoms with van der Waals surface area (Å²) in [4.78, 5) is 12.0. The van der Waals surface area contributed by atoms with Gasteiger partial charge in [-0.2, -0.15) is 8.80 Å². The Balaban J connectivity index is 2.70. The largest absolute Gasteiger partial charge is 0.477 e. The van der Waals surface area contributed by atoms with Crippen LogP contribution in [0.15, 0.2) is 35.4 Å². The monoisotopic (exact) mass is 215 g/mol. The van der Waals surface area contributed by atoms with Gasteiger partial charge in [0, 0.05) is 0 Å².